The SMILES string of the molecule is CCC(CNC)C(N)c1ccc(F)cc1F. The monoisotopic (exact) mass is 228 g/mol. The van der Waals surface area contributed by atoms with E-state index in [0.29, 0.717) is 12.1 Å². The standard InChI is InChI=1S/C12H18F2N2/c1-3-8(7-16-2)12(15)10-5-4-9(13)6-11(10)14/h4-6,8,12,16H,3,7,15H2,1-2H3. The summed E-state index contributed by atoms with van der Waals surface area (Å²) in [7, 11) is 1.83. The highest BCUT2D eigenvalue weighted by atomic mass is 19.1. The summed E-state index contributed by atoms with van der Waals surface area (Å²) in [4.78, 5) is 0. The van der Waals surface area contributed by atoms with Crippen LogP contribution in [-0.4, -0.2) is 13.6 Å². The van der Waals surface area contributed by atoms with E-state index in [0.717, 1.165) is 12.5 Å². The van der Waals surface area contributed by atoms with Crippen molar-refractivity contribution in [1.29, 1.82) is 0 Å². The molecule has 0 aromatic heterocycles. The van der Waals surface area contributed by atoms with E-state index in [1.807, 2.05) is 14.0 Å². The molecular weight excluding hydrogens is 210 g/mol. The maximum Gasteiger partial charge on any atom is 0.130 e. The average Bonchev–Trinajstić information content (AvgIpc) is 2.25. The van der Waals surface area contributed by atoms with Crippen molar-refractivity contribution >= 4 is 0 Å². The van der Waals surface area contributed by atoms with Crippen LogP contribution in [-0.2, 0) is 0 Å². The molecule has 0 aliphatic heterocycles. The highest BCUT2D eigenvalue weighted by molar-refractivity contribution is 5.22. The van der Waals surface area contributed by atoms with Crippen molar-refractivity contribution in [1.82, 2.24) is 5.32 Å². The third kappa shape index (κ3) is 3.00. The largest absolute Gasteiger partial charge is 0.324 e. The lowest BCUT2D eigenvalue weighted by atomic mass is 9.91. The van der Waals surface area contributed by atoms with Crippen molar-refractivity contribution in [2.24, 2.45) is 11.7 Å². The van der Waals surface area contributed by atoms with Crippen LogP contribution in [0.1, 0.15) is 24.9 Å². The van der Waals surface area contributed by atoms with Crippen LogP contribution >= 0.6 is 0 Å². The number of nitrogens with two attached hydrogens (primary N) is 1. The van der Waals surface area contributed by atoms with Gasteiger partial charge in [-0.1, -0.05) is 19.4 Å². The molecule has 1 aromatic carbocycles. The maximum absolute atomic E-state index is 13.5. The molecule has 1 rings (SSSR count). The van der Waals surface area contributed by atoms with Crippen molar-refractivity contribution in [2.45, 2.75) is 19.4 Å². The molecule has 1 aromatic rings. The van der Waals surface area contributed by atoms with Crippen LogP contribution in [0.15, 0.2) is 18.2 Å². The molecule has 4 heteroatoms. The van der Waals surface area contributed by atoms with E-state index in [9.17, 15) is 8.78 Å². The highest BCUT2D eigenvalue weighted by Gasteiger charge is 2.20. The van der Waals surface area contributed by atoms with Crippen molar-refractivity contribution in [3.63, 3.8) is 0 Å². The second kappa shape index (κ2) is 5.92. The van der Waals surface area contributed by atoms with Gasteiger partial charge in [0.1, 0.15) is 11.6 Å². The average molecular weight is 228 g/mol. The Hall–Kier alpha value is -1.00. The number of rotatable bonds is 5. The smallest absolute Gasteiger partial charge is 0.130 e. The first-order valence-corrected chi connectivity index (χ1v) is 5.45. The summed E-state index contributed by atoms with van der Waals surface area (Å²) in [6, 6.07) is 3.14. The molecule has 3 N–H and O–H groups in total. The van der Waals surface area contributed by atoms with Crippen molar-refractivity contribution in [3.8, 4) is 0 Å². The van der Waals surface area contributed by atoms with E-state index in [2.05, 4.69) is 5.32 Å². The van der Waals surface area contributed by atoms with Gasteiger partial charge < -0.3 is 11.1 Å². The minimum atomic E-state index is -0.574. The summed E-state index contributed by atoms with van der Waals surface area (Å²) >= 11 is 0. The van der Waals surface area contributed by atoms with Gasteiger partial charge in [0.25, 0.3) is 0 Å². The van der Waals surface area contributed by atoms with Gasteiger partial charge in [0.15, 0.2) is 0 Å². The molecule has 2 atom stereocenters. The molecule has 0 spiro atoms. The predicted molar refractivity (Wildman–Crippen MR) is 61.0 cm³/mol. The van der Waals surface area contributed by atoms with Gasteiger partial charge in [-0.05, 0) is 25.6 Å². The summed E-state index contributed by atoms with van der Waals surface area (Å²) in [5.74, 6) is -0.998. The molecule has 0 bridgehead atoms. The zero-order valence-corrected chi connectivity index (χ0v) is 9.63. The van der Waals surface area contributed by atoms with E-state index < -0.39 is 17.7 Å². The van der Waals surface area contributed by atoms with Gasteiger partial charge in [0.05, 0.1) is 0 Å². The fourth-order valence-electron chi connectivity index (χ4n) is 1.81. The Labute approximate surface area is 94.8 Å². The third-order valence-corrected chi connectivity index (χ3v) is 2.82. The molecule has 0 fully saturated rings. The molecule has 0 amide bonds. The lowest BCUT2D eigenvalue weighted by Crippen LogP contribution is -2.29. The second-order valence-electron chi connectivity index (χ2n) is 3.92. The Bertz CT molecular complexity index is 342. The normalized spacial score (nSPS) is 14.8. The van der Waals surface area contributed by atoms with E-state index in [-0.39, 0.29) is 5.92 Å². The zero-order valence-electron chi connectivity index (χ0n) is 9.63. The Morgan fingerprint density at radius 3 is 2.56 bits per heavy atom. The Morgan fingerprint density at radius 1 is 1.38 bits per heavy atom. The fourth-order valence-corrected chi connectivity index (χ4v) is 1.81. The second-order valence-corrected chi connectivity index (χ2v) is 3.92. The molecule has 90 valence electrons. The van der Waals surface area contributed by atoms with Gasteiger partial charge in [-0.15, -0.1) is 0 Å². The Kier molecular flexibility index (Phi) is 4.83. The molecule has 0 radical (unpaired) electrons. The molecule has 0 saturated carbocycles. The van der Waals surface area contributed by atoms with E-state index in [4.69, 9.17) is 5.73 Å². The number of halogens is 2. The predicted octanol–water partition coefficient (Wildman–Crippen LogP) is 2.21. The van der Waals surface area contributed by atoms with Crippen LogP contribution in [0, 0.1) is 17.6 Å². The molecule has 2 unspecified atom stereocenters. The first-order chi connectivity index (χ1) is 7.60. The Morgan fingerprint density at radius 2 is 2.06 bits per heavy atom. The summed E-state index contributed by atoms with van der Waals surface area (Å²) in [6.07, 6.45) is 0.846. The van der Waals surface area contributed by atoms with Gasteiger partial charge in [0.2, 0.25) is 0 Å². The van der Waals surface area contributed by atoms with Gasteiger partial charge in [-0.25, -0.2) is 8.78 Å². The minimum absolute atomic E-state index is 0.143. The number of nitrogens with one attached hydrogen (secondary N) is 1. The van der Waals surface area contributed by atoms with Crippen LogP contribution in [0.3, 0.4) is 0 Å². The molecule has 0 saturated heterocycles. The van der Waals surface area contributed by atoms with Gasteiger partial charge in [-0.3, -0.25) is 0 Å². The topological polar surface area (TPSA) is 38.0 Å². The first-order valence-electron chi connectivity index (χ1n) is 5.45. The first kappa shape index (κ1) is 13.1. The maximum atomic E-state index is 13.5. The van der Waals surface area contributed by atoms with Crippen LogP contribution in [0.2, 0.25) is 0 Å². The zero-order chi connectivity index (χ0) is 12.1. The van der Waals surface area contributed by atoms with Crippen LogP contribution in [0.25, 0.3) is 0 Å². The molecule has 16 heavy (non-hydrogen) atoms. The Balaban J connectivity index is 2.89. The van der Waals surface area contributed by atoms with E-state index in [1.54, 1.807) is 0 Å². The van der Waals surface area contributed by atoms with Gasteiger partial charge in [0, 0.05) is 17.7 Å². The molecule has 2 nitrogen and oxygen atoms in total. The summed E-state index contributed by atoms with van der Waals surface area (Å²) in [5.41, 5.74) is 6.36. The highest BCUT2D eigenvalue weighted by Crippen LogP contribution is 2.24. The lowest BCUT2D eigenvalue weighted by Gasteiger charge is -2.23. The third-order valence-electron chi connectivity index (χ3n) is 2.82. The minimum Gasteiger partial charge on any atom is -0.324 e. The van der Waals surface area contributed by atoms with Crippen LogP contribution in [0.5, 0.6) is 0 Å². The number of hydrogen-bond donors (Lipinski definition) is 2. The lowest BCUT2D eigenvalue weighted by molar-refractivity contribution is 0.391. The van der Waals surface area contributed by atoms with Crippen LogP contribution < -0.4 is 11.1 Å². The van der Waals surface area contributed by atoms with E-state index in [1.165, 1.54) is 12.1 Å². The molecule has 0 aliphatic carbocycles. The summed E-state index contributed by atoms with van der Waals surface area (Å²) in [5, 5.41) is 3.02. The molecule has 0 heterocycles. The quantitative estimate of drug-likeness (QED) is 0.811. The molecular formula is C12H18F2N2. The van der Waals surface area contributed by atoms with E-state index >= 15 is 0 Å². The van der Waals surface area contributed by atoms with Crippen LogP contribution in [0.4, 0.5) is 8.78 Å². The summed E-state index contributed by atoms with van der Waals surface area (Å²) < 4.78 is 26.2. The molecule has 0 aliphatic rings. The fraction of sp³-hybridized carbons (Fsp3) is 0.500. The van der Waals surface area contributed by atoms with Gasteiger partial charge in [-0.2, -0.15) is 0 Å². The number of hydrogen-bond acceptors (Lipinski definition) is 2. The summed E-state index contributed by atoms with van der Waals surface area (Å²) in [6.45, 7) is 2.72. The number of benzene rings is 1. The van der Waals surface area contributed by atoms with Crippen molar-refractivity contribution in [2.75, 3.05) is 13.6 Å². The van der Waals surface area contributed by atoms with Crippen molar-refractivity contribution < 1.29 is 8.78 Å². The van der Waals surface area contributed by atoms with Gasteiger partial charge >= 0.3 is 0 Å². The van der Waals surface area contributed by atoms with Crippen molar-refractivity contribution in [3.05, 3.63) is 35.4 Å².